The van der Waals surface area contributed by atoms with E-state index in [0.717, 1.165) is 22.7 Å². The van der Waals surface area contributed by atoms with Crippen LogP contribution < -0.4 is 5.32 Å². The van der Waals surface area contributed by atoms with Crippen LogP contribution in [-0.4, -0.2) is 83.3 Å². The largest absolute Gasteiger partial charge is 0.466 e. The molecule has 1 aromatic heterocycles. The van der Waals surface area contributed by atoms with Crippen molar-refractivity contribution in [3.63, 3.8) is 0 Å². The van der Waals surface area contributed by atoms with Gasteiger partial charge in [0.05, 0.1) is 24.2 Å². The van der Waals surface area contributed by atoms with E-state index in [1.165, 1.54) is 23.1 Å². The molecule has 64 heavy (non-hydrogen) atoms. The van der Waals surface area contributed by atoms with E-state index in [1.807, 2.05) is 76.0 Å². The highest BCUT2D eigenvalue weighted by Crippen LogP contribution is 2.48. The molecule has 1 aliphatic rings. The van der Waals surface area contributed by atoms with Crippen LogP contribution >= 0.6 is 34.9 Å². The van der Waals surface area contributed by atoms with Crippen LogP contribution in [-0.2, 0) is 44.6 Å². The lowest BCUT2D eigenvalue weighted by atomic mass is 9.84. The quantitative estimate of drug-likeness (QED) is 0.0215. The van der Waals surface area contributed by atoms with E-state index in [0.29, 0.717) is 40.3 Å². The van der Waals surface area contributed by atoms with E-state index in [4.69, 9.17) is 19.2 Å². The first-order valence-corrected chi connectivity index (χ1v) is 28.4. The molecule has 0 bridgehead atoms. The fraction of sp³-hybridized carbons (Fsp3) is 0.440. The molecule has 1 N–H and O–H groups in total. The molecule has 14 heteroatoms. The molecule has 2 unspecified atom stereocenters. The summed E-state index contributed by atoms with van der Waals surface area (Å²) < 4.78 is 16.7. The van der Waals surface area contributed by atoms with Crippen LogP contribution in [0.5, 0.6) is 0 Å². The monoisotopic (exact) mass is 941 g/mol. The van der Waals surface area contributed by atoms with Crippen molar-refractivity contribution in [1.29, 1.82) is 0 Å². The molecule has 0 aliphatic carbocycles. The summed E-state index contributed by atoms with van der Waals surface area (Å²) >= 11 is 4.55. The summed E-state index contributed by atoms with van der Waals surface area (Å²) in [6.45, 7) is 17.8. The number of rotatable bonds is 21. The van der Waals surface area contributed by atoms with Crippen molar-refractivity contribution in [3.8, 4) is 0 Å². The zero-order valence-corrected chi connectivity index (χ0v) is 42.0. The lowest BCUT2D eigenvalue weighted by Gasteiger charge is -2.35. The van der Waals surface area contributed by atoms with Crippen LogP contribution in [0, 0.1) is 5.92 Å². The molecule has 0 spiro atoms. The average molecular weight is 942 g/mol. The number of allylic oxidation sites excluding steroid dienone is 1. The Morgan fingerprint density at radius 2 is 1.47 bits per heavy atom. The molecule has 0 radical (unpaired) electrons. The molecule has 10 nitrogen and oxygen atoms in total. The average Bonchev–Trinajstić information content (AvgIpc) is 3.88. The van der Waals surface area contributed by atoms with Crippen molar-refractivity contribution in [2.75, 3.05) is 18.1 Å². The standard InChI is InChI=1S/C50H63N3O7S3Si/c1-35(2)44(52-47(57)49(6)34-62-45(53-49)40-33-61-41(51-40)32-43(55)60-48(3,4)5)46(56)59-39(31-42(54)58-28-30-64(7,8)9)27-19-20-29-63-50(36-21-13-10-14-22-36,37-23-15-11-16-24-37)38-25-17-12-18-26-38/h10-19,21-27,33,35,39,44H,20,28-32,34H2,1-9H3,(H,52,57)/t39-,44?,49?/m0/s1. The van der Waals surface area contributed by atoms with Gasteiger partial charge in [0.25, 0.3) is 0 Å². The van der Waals surface area contributed by atoms with Gasteiger partial charge in [0.2, 0.25) is 5.91 Å². The van der Waals surface area contributed by atoms with E-state index in [-0.39, 0.29) is 24.7 Å². The summed E-state index contributed by atoms with van der Waals surface area (Å²) in [4.78, 5) is 62.9. The molecule has 5 rings (SSSR count). The normalized spacial score (nSPS) is 16.6. The number of amides is 1. The number of hydrogen-bond acceptors (Lipinski definition) is 12. The smallest absolute Gasteiger partial charge is 0.329 e. The maximum Gasteiger partial charge on any atom is 0.329 e. The SMILES string of the molecule is CC(C)C(NC(=O)C1(C)CSC(c2csc(CC(=O)OC(C)(C)C)n2)=N1)C(=O)O[C@@H](C=CCCSC(c1ccccc1)(c1ccccc1)c1ccccc1)CC(=O)OCC[Si](C)(C)C. The van der Waals surface area contributed by atoms with Crippen molar-refractivity contribution >= 4 is 71.8 Å². The first-order valence-electron chi connectivity index (χ1n) is 21.8. The number of thioether (sulfide) groups is 2. The van der Waals surface area contributed by atoms with Gasteiger partial charge in [-0.2, -0.15) is 0 Å². The predicted molar refractivity (Wildman–Crippen MR) is 265 cm³/mol. The third kappa shape index (κ3) is 14.5. The first kappa shape index (κ1) is 50.5. The van der Waals surface area contributed by atoms with E-state index in [9.17, 15) is 19.2 Å². The number of aromatic nitrogens is 1. The molecule has 3 atom stereocenters. The number of carbonyl (C=O) groups is 4. The number of hydrogen-bond donors (Lipinski definition) is 1. The molecule has 1 aliphatic heterocycles. The van der Waals surface area contributed by atoms with Gasteiger partial charge in [0.15, 0.2) is 0 Å². The van der Waals surface area contributed by atoms with Gasteiger partial charge in [-0.1, -0.05) is 131 Å². The minimum absolute atomic E-state index is 0.0403. The fourth-order valence-electron chi connectivity index (χ4n) is 6.89. The summed E-state index contributed by atoms with van der Waals surface area (Å²) in [6, 6.07) is 31.3. The van der Waals surface area contributed by atoms with Crippen LogP contribution in [0.4, 0.5) is 0 Å². The van der Waals surface area contributed by atoms with Crippen LogP contribution in [0.25, 0.3) is 0 Å². The Bertz CT molecular complexity index is 2140. The molecular formula is C50H63N3O7S3Si. The van der Waals surface area contributed by atoms with Crippen molar-refractivity contribution in [3.05, 3.63) is 136 Å². The van der Waals surface area contributed by atoms with Crippen LogP contribution in [0.1, 0.15) is 81.8 Å². The second-order valence-electron chi connectivity index (χ2n) is 18.6. The van der Waals surface area contributed by atoms with Gasteiger partial charge in [-0.05, 0) is 74.6 Å². The van der Waals surface area contributed by atoms with E-state index < -0.39 is 54.0 Å². The van der Waals surface area contributed by atoms with Crippen molar-refractivity contribution in [2.45, 2.75) is 115 Å². The lowest BCUT2D eigenvalue weighted by Crippen LogP contribution is -2.53. The molecular weight excluding hydrogens is 879 g/mol. The Kier molecular flexibility index (Phi) is 17.8. The minimum Gasteiger partial charge on any atom is -0.466 e. The first-order chi connectivity index (χ1) is 30.3. The van der Waals surface area contributed by atoms with Crippen LogP contribution in [0.15, 0.2) is 114 Å². The molecule has 0 saturated carbocycles. The molecule has 4 aromatic rings. The van der Waals surface area contributed by atoms with Crippen molar-refractivity contribution in [2.24, 2.45) is 10.9 Å². The van der Waals surface area contributed by atoms with Gasteiger partial charge in [0, 0.05) is 19.2 Å². The number of nitrogens with zero attached hydrogens (tertiary/aromatic N) is 2. The third-order valence-electron chi connectivity index (χ3n) is 10.3. The number of carbonyl (C=O) groups excluding carboxylic acids is 4. The third-order valence-corrected chi connectivity index (χ3v) is 15.7. The summed E-state index contributed by atoms with van der Waals surface area (Å²) in [5, 5.41) is 5.91. The maximum atomic E-state index is 14.0. The zero-order chi connectivity index (χ0) is 46.5. The Morgan fingerprint density at radius 3 is 2.00 bits per heavy atom. The summed E-state index contributed by atoms with van der Waals surface area (Å²) in [7, 11) is -1.46. The van der Waals surface area contributed by atoms with Gasteiger partial charge >= 0.3 is 17.9 Å². The zero-order valence-electron chi connectivity index (χ0n) is 38.6. The minimum atomic E-state index is -1.46. The Hall–Kier alpha value is -4.50. The van der Waals surface area contributed by atoms with Crippen molar-refractivity contribution < 1.29 is 33.4 Å². The molecule has 2 heterocycles. The van der Waals surface area contributed by atoms with E-state index in [1.54, 1.807) is 13.0 Å². The highest BCUT2D eigenvalue weighted by Gasteiger charge is 2.42. The van der Waals surface area contributed by atoms with Gasteiger partial charge in [0.1, 0.15) is 39.0 Å². The molecule has 1 amide bonds. The molecule has 342 valence electrons. The molecule has 0 fully saturated rings. The van der Waals surface area contributed by atoms with Gasteiger partial charge in [-0.3, -0.25) is 19.4 Å². The lowest BCUT2D eigenvalue weighted by molar-refractivity contribution is -0.157. The summed E-state index contributed by atoms with van der Waals surface area (Å²) in [5.74, 6) is -1.19. The Morgan fingerprint density at radius 1 is 0.891 bits per heavy atom. The van der Waals surface area contributed by atoms with Crippen LogP contribution in [0.3, 0.4) is 0 Å². The number of nitrogens with one attached hydrogen (secondary N) is 1. The topological polar surface area (TPSA) is 133 Å². The second kappa shape index (κ2) is 22.6. The van der Waals surface area contributed by atoms with Gasteiger partial charge in [-0.25, -0.2) is 9.78 Å². The highest BCUT2D eigenvalue weighted by atomic mass is 32.2. The van der Waals surface area contributed by atoms with E-state index in [2.05, 4.69) is 103 Å². The maximum absolute atomic E-state index is 14.0. The number of esters is 3. The number of benzene rings is 3. The Labute approximate surface area is 392 Å². The van der Waals surface area contributed by atoms with Gasteiger partial charge in [-0.15, -0.1) is 34.9 Å². The Balaban J connectivity index is 1.30. The summed E-state index contributed by atoms with van der Waals surface area (Å²) in [6.07, 6.45) is 3.31. The number of thiazole rings is 1. The van der Waals surface area contributed by atoms with Gasteiger partial charge < -0.3 is 19.5 Å². The van der Waals surface area contributed by atoms with E-state index >= 15 is 0 Å². The molecule has 3 aromatic carbocycles. The highest BCUT2D eigenvalue weighted by molar-refractivity contribution is 8.14. The summed E-state index contributed by atoms with van der Waals surface area (Å²) in [5.41, 5.74) is 2.28. The number of aliphatic imine (C=N–C) groups is 1. The van der Waals surface area contributed by atoms with Crippen LogP contribution in [0.2, 0.25) is 25.7 Å². The molecule has 0 saturated heterocycles. The number of ether oxygens (including phenoxy) is 3. The van der Waals surface area contributed by atoms with Crippen molar-refractivity contribution in [1.82, 2.24) is 10.3 Å². The second-order valence-corrected chi connectivity index (χ2v) is 27.5. The fourth-order valence-corrected chi connectivity index (χ4v) is 11.0. The predicted octanol–water partition coefficient (Wildman–Crippen LogP) is 10.3.